The molecule has 0 amide bonds. The first kappa shape index (κ1) is 22.4. The number of hydrogen-bond donors (Lipinski definition) is 0. The first-order chi connectivity index (χ1) is 15.0. The fraction of sp³-hybridized carbons (Fsp3) is 0.158. The number of ketones is 1. The van der Waals surface area contributed by atoms with Crippen molar-refractivity contribution in [2.24, 2.45) is 0 Å². The molecule has 3 heterocycles. The third-order valence-electron chi connectivity index (χ3n) is 4.16. The Balaban J connectivity index is 1.68. The maximum Gasteiger partial charge on any atom is 0.417 e. The normalized spacial score (nSPS) is 11.8. The molecule has 0 aliphatic rings. The second-order valence-corrected chi connectivity index (χ2v) is 8.39. The number of ether oxygens (including phenoxy) is 1. The van der Waals surface area contributed by atoms with Crippen LogP contribution >= 0.6 is 34.5 Å². The average molecular weight is 505 g/mol. The van der Waals surface area contributed by atoms with Crippen LogP contribution in [-0.2, 0) is 11.0 Å². The van der Waals surface area contributed by atoms with Crippen LogP contribution in [0.25, 0.3) is 26.9 Å². The predicted molar refractivity (Wildman–Crippen MR) is 111 cm³/mol. The Morgan fingerprint density at radius 1 is 1.12 bits per heavy atom. The van der Waals surface area contributed by atoms with E-state index >= 15 is 0 Å². The van der Waals surface area contributed by atoms with Crippen molar-refractivity contribution in [3.63, 3.8) is 0 Å². The number of Topliss-reactive ketones (excluding diaryl/α,β-unsaturated/α-hetero) is 1. The molecule has 4 rings (SSSR count). The number of benzene rings is 1. The summed E-state index contributed by atoms with van der Waals surface area (Å²) < 4.78 is 59.6. The van der Waals surface area contributed by atoms with E-state index in [-0.39, 0.29) is 55.1 Å². The van der Waals surface area contributed by atoms with E-state index in [1.165, 1.54) is 19.2 Å². The molecule has 0 saturated carbocycles. The number of aromatic nitrogens is 4. The molecule has 166 valence electrons. The second-order valence-electron chi connectivity index (χ2n) is 6.60. The third-order valence-corrected chi connectivity index (χ3v) is 5.73. The molecule has 0 aliphatic heterocycles. The zero-order valence-electron chi connectivity index (χ0n) is 15.9. The molecule has 0 aliphatic carbocycles. The van der Waals surface area contributed by atoms with Gasteiger partial charge in [0.15, 0.2) is 28.0 Å². The topological polar surface area (TPSA) is 69.4 Å². The summed E-state index contributed by atoms with van der Waals surface area (Å²) in [6, 6.07) is 3.11. The summed E-state index contributed by atoms with van der Waals surface area (Å²) in [5.74, 6) is -1.22. The van der Waals surface area contributed by atoms with Gasteiger partial charge in [-0.15, -0.1) is 10.2 Å². The largest absolute Gasteiger partial charge is 0.483 e. The van der Waals surface area contributed by atoms with Crippen LogP contribution in [-0.4, -0.2) is 32.0 Å². The van der Waals surface area contributed by atoms with Crippen molar-refractivity contribution in [3.8, 4) is 27.0 Å². The van der Waals surface area contributed by atoms with E-state index in [1.807, 2.05) is 0 Å². The van der Waals surface area contributed by atoms with Crippen LogP contribution < -0.4 is 4.74 Å². The van der Waals surface area contributed by atoms with Gasteiger partial charge in [-0.2, -0.15) is 13.2 Å². The first-order valence-electron chi connectivity index (χ1n) is 8.74. The highest BCUT2D eigenvalue weighted by molar-refractivity contribution is 7.18. The Labute approximate surface area is 191 Å². The lowest BCUT2D eigenvalue weighted by molar-refractivity contribution is -0.137. The van der Waals surface area contributed by atoms with Gasteiger partial charge in [-0.1, -0.05) is 34.5 Å². The van der Waals surface area contributed by atoms with Crippen molar-refractivity contribution in [2.75, 3.05) is 6.61 Å². The Morgan fingerprint density at radius 2 is 1.84 bits per heavy atom. The third kappa shape index (κ3) is 4.41. The molecule has 1 aromatic carbocycles. The molecule has 0 unspecified atom stereocenters. The average Bonchev–Trinajstić information content (AvgIpc) is 3.34. The number of carbonyl (C=O) groups excluding carboxylic acids is 1. The number of alkyl halides is 3. The molecule has 0 atom stereocenters. The molecule has 13 heteroatoms. The van der Waals surface area contributed by atoms with E-state index < -0.39 is 17.6 Å². The summed E-state index contributed by atoms with van der Waals surface area (Å²) in [5.41, 5.74) is -0.356. The molecule has 6 nitrogen and oxygen atoms in total. The number of pyridine rings is 1. The molecular formula is C19H10Cl2F4N4O2S. The lowest BCUT2D eigenvalue weighted by Crippen LogP contribution is -2.07. The van der Waals surface area contributed by atoms with E-state index in [4.69, 9.17) is 27.9 Å². The van der Waals surface area contributed by atoms with Crippen LogP contribution in [0.15, 0.2) is 30.6 Å². The van der Waals surface area contributed by atoms with Crippen molar-refractivity contribution in [3.05, 3.63) is 52.0 Å². The van der Waals surface area contributed by atoms with Gasteiger partial charge in [0.2, 0.25) is 0 Å². The minimum atomic E-state index is -4.57. The van der Waals surface area contributed by atoms with Gasteiger partial charge in [-0.3, -0.25) is 4.79 Å². The summed E-state index contributed by atoms with van der Waals surface area (Å²) >= 11 is 13.2. The summed E-state index contributed by atoms with van der Waals surface area (Å²) in [6.45, 7) is 0.995. The summed E-state index contributed by atoms with van der Waals surface area (Å²) in [5, 5.41) is 8.41. The molecule has 0 radical (unpaired) electrons. The Bertz CT molecular complexity index is 1350. The number of imidazole rings is 1. The second kappa shape index (κ2) is 8.30. The van der Waals surface area contributed by atoms with Crippen molar-refractivity contribution in [2.45, 2.75) is 13.1 Å². The summed E-state index contributed by atoms with van der Waals surface area (Å²) in [7, 11) is 0. The van der Waals surface area contributed by atoms with Crippen LogP contribution in [0.1, 0.15) is 12.5 Å². The molecule has 0 bridgehead atoms. The number of rotatable bonds is 5. The Hall–Kier alpha value is -2.76. The van der Waals surface area contributed by atoms with E-state index in [9.17, 15) is 22.4 Å². The highest BCUT2D eigenvalue weighted by Crippen LogP contribution is 2.38. The molecule has 0 spiro atoms. The SMILES string of the molecule is CC(=O)COc1cc(Cl)c(-c2nnc(-c3cn4cc(C(F)(F)F)cc(Cl)c4n3)s2)cc1F. The fourth-order valence-corrected chi connectivity index (χ4v) is 4.12. The summed E-state index contributed by atoms with van der Waals surface area (Å²) in [4.78, 5) is 15.2. The molecule has 32 heavy (non-hydrogen) atoms. The van der Waals surface area contributed by atoms with E-state index in [0.29, 0.717) is 0 Å². The van der Waals surface area contributed by atoms with Gasteiger partial charge in [-0.05, 0) is 19.1 Å². The summed E-state index contributed by atoms with van der Waals surface area (Å²) in [6.07, 6.45) is -2.37. The molecule has 0 fully saturated rings. The zero-order valence-corrected chi connectivity index (χ0v) is 18.2. The monoisotopic (exact) mass is 504 g/mol. The quantitative estimate of drug-likeness (QED) is 0.314. The van der Waals surface area contributed by atoms with Gasteiger partial charge in [0.1, 0.15) is 17.3 Å². The van der Waals surface area contributed by atoms with Crippen molar-refractivity contribution >= 4 is 46.0 Å². The fourth-order valence-electron chi connectivity index (χ4n) is 2.73. The standard InChI is InChI=1S/C19H10Cl2F4N4O2S/c1-8(30)7-31-15-4-11(20)10(3-13(15)22)17-27-28-18(32-17)14-6-29-5-9(19(23,24)25)2-12(21)16(29)26-14/h2-6H,7H2,1H3. The number of hydrogen-bond acceptors (Lipinski definition) is 6. The molecule has 3 aromatic heterocycles. The predicted octanol–water partition coefficient (Wildman–Crippen LogP) is 5.95. The molecule has 0 saturated heterocycles. The van der Waals surface area contributed by atoms with Crippen LogP contribution in [0.2, 0.25) is 10.0 Å². The lowest BCUT2D eigenvalue weighted by atomic mass is 10.2. The highest BCUT2D eigenvalue weighted by atomic mass is 35.5. The number of nitrogens with zero attached hydrogens (tertiary/aromatic N) is 4. The minimum absolute atomic E-state index is 0.112. The van der Waals surface area contributed by atoms with Gasteiger partial charge < -0.3 is 9.14 Å². The van der Waals surface area contributed by atoms with Crippen LogP contribution in [0.3, 0.4) is 0 Å². The number of carbonyl (C=O) groups is 1. The molecular weight excluding hydrogens is 495 g/mol. The smallest absolute Gasteiger partial charge is 0.417 e. The van der Waals surface area contributed by atoms with Crippen molar-refractivity contribution in [1.82, 2.24) is 19.6 Å². The van der Waals surface area contributed by atoms with Gasteiger partial charge >= 0.3 is 6.18 Å². The molecule has 0 N–H and O–H groups in total. The van der Waals surface area contributed by atoms with Crippen molar-refractivity contribution < 1.29 is 27.1 Å². The lowest BCUT2D eigenvalue weighted by Gasteiger charge is -2.08. The Morgan fingerprint density at radius 3 is 2.53 bits per heavy atom. The van der Waals surface area contributed by atoms with Gasteiger partial charge in [-0.25, -0.2) is 9.37 Å². The number of halogens is 6. The van der Waals surface area contributed by atoms with Crippen LogP contribution in [0.5, 0.6) is 5.75 Å². The van der Waals surface area contributed by atoms with Gasteiger partial charge in [0, 0.05) is 24.0 Å². The van der Waals surface area contributed by atoms with E-state index in [2.05, 4.69) is 15.2 Å². The number of fused-ring (bicyclic) bond motifs is 1. The van der Waals surface area contributed by atoms with Crippen LogP contribution in [0.4, 0.5) is 17.6 Å². The van der Waals surface area contributed by atoms with E-state index in [0.717, 1.165) is 34.1 Å². The Kier molecular flexibility index (Phi) is 5.82. The highest BCUT2D eigenvalue weighted by Gasteiger charge is 2.32. The van der Waals surface area contributed by atoms with Gasteiger partial charge in [0.25, 0.3) is 0 Å². The molecule has 4 aromatic rings. The van der Waals surface area contributed by atoms with E-state index in [1.54, 1.807) is 0 Å². The first-order valence-corrected chi connectivity index (χ1v) is 10.3. The maximum absolute atomic E-state index is 14.4. The zero-order chi connectivity index (χ0) is 23.2. The van der Waals surface area contributed by atoms with Gasteiger partial charge in [0.05, 0.1) is 15.6 Å². The van der Waals surface area contributed by atoms with Crippen molar-refractivity contribution in [1.29, 1.82) is 0 Å². The minimum Gasteiger partial charge on any atom is -0.483 e. The maximum atomic E-state index is 14.4. The van der Waals surface area contributed by atoms with Crippen LogP contribution in [0, 0.1) is 5.82 Å².